The van der Waals surface area contributed by atoms with Crippen LogP contribution in [0.1, 0.15) is 5.56 Å². The Kier molecular flexibility index (Phi) is 6.87. The second-order valence-electron chi connectivity index (χ2n) is 7.61. The zero-order chi connectivity index (χ0) is 24.1. The van der Waals surface area contributed by atoms with Gasteiger partial charge in [0.15, 0.2) is 23.0 Å². The number of esters is 1. The van der Waals surface area contributed by atoms with Crippen LogP contribution in [0.3, 0.4) is 0 Å². The van der Waals surface area contributed by atoms with Gasteiger partial charge >= 0.3 is 5.97 Å². The second kappa shape index (κ2) is 10.2. The number of rotatable bonds is 8. The summed E-state index contributed by atoms with van der Waals surface area (Å²) in [7, 11) is 6.33. The smallest absolute Gasteiger partial charge is 0.315 e. The first-order chi connectivity index (χ1) is 16.6. The first-order valence-electron chi connectivity index (χ1n) is 10.7. The summed E-state index contributed by atoms with van der Waals surface area (Å²) in [6, 6.07) is 22.8. The fourth-order valence-electron chi connectivity index (χ4n) is 3.90. The molecule has 0 saturated heterocycles. The molecule has 0 fully saturated rings. The van der Waals surface area contributed by atoms with E-state index in [1.807, 2.05) is 60.7 Å². The van der Waals surface area contributed by atoms with E-state index in [0.717, 1.165) is 27.5 Å². The summed E-state index contributed by atoms with van der Waals surface area (Å²) < 4.78 is 27.3. The lowest BCUT2D eigenvalue weighted by Crippen LogP contribution is -2.11. The van der Waals surface area contributed by atoms with E-state index in [4.69, 9.17) is 23.7 Å². The normalized spacial score (nSPS) is 10.6. The third-order valence-electron chi connectivity index (χ3n) is 5.54. The standard InChI is InChI=1S/C28H26O6/c1-30-24-11-10-18(12-25(24)31-2)13-28(29)34-21-14-20-15-26(32-3)27(33-4)17-23(20)22(16-21)19-8-6-5-7-9-19/h5-12,14-17H,13H2,1-4H3. The average Bonchev–Trinajstić information content (AvgIpc) is 2.87. The van der Waals surface area contributed by atoms with Gasteiger partial charge in [0, 0.05) is 0 Å². The lowest BCUT2D eigenvalue weighted by Gasteiger charge is -2.15. The van der Waals surface area contributed by atoms with Crippen LogP contribution in [0.5, 0.6) is 28.7 Å². The van der Waals surface area contributed by atoms with Crippen molar-refractivity contribution in [2.24, 2.45) is 0 Å². The number of carbonyl (C=O) groups is 1. The van der Waals surface area contributed by atoms with E-state index in [2.05, 4.69) is 0 Å². The van der Waals surface area contributed by atoms with Crippen LogP contribution in [0.25, 0.3) is 21.9 Å². The van der Waals surface area contributed by atoms with Crippen molar-refractivity contribution >= 4 is 16.7 Å². The molecule has 0 bridgehead atoms. The van der Waals surface area contributed by atoms with Gasteiger partial charge in [-0.2, -0.15) is 0 Å². The molecule has 0 radical (unpaired) electrons. The zero-order valence-electron chi connectivity index (χ0n) is 19.6. The molecular weight excluding hydrogens is 432 g/mol. The van der Waals surface area contributed by atoms with Gasteiger partial charge in [0.1, 0.15) is 5.75 Å². The van der Waals surface area contributed by atoms with E-state index < -0.39 is 0 Å². The van der Waals surface area contributed by atoms with Crippen molar-refractivity contribution in [1.82, 2.24) is 0 Å². The molecule has 0 spiro atoms. The van der Waals surface area contributed by atoms with Gasteiger partial charge in [-0.25, -0.2) is 0 Å². The molecule has 0 aromatic heterocycles. The Bertz CT molecular complexity index is 1310. The molecule has 0 N–H and O–H groups in total. The predicted molar refractivity (Wildman–Crippen MR) is 131 cm³/mol. The molecule has 6 nitrogen and oxygen atoms in total. The molecule has 0 unspecified atom stereocenters. The monoisotopic (exact) mass is 458 g/mol. The van der Waals surface area contributed by atoms with Crippen LogP contribution in [0.4, 0.5) is 0 Å². The van der Waals surface area contributed by atoms with E-state index in [-0.39, 0.29) is 12.4 Å². The number of carbonyl (C=O) groups excluding carboxylic acids is 1. The number of fused-ring (bicyclic) bond motifs is 1. The Morgan fingerprint density at radius 3 is 2.00 bits per heavy atom. The highest BCUT2D eigenvalue weighted by Gasteiger charge is 2.15. The molecule has 4 rings (SSSR count). The maximum absolute atomic E-state index is 12.8. The molecule has 0 saturated carbocycles. The summed E-state index contributed by atoms with van der Waals surface area (Å²) in [4.78, 5) is 12.8. The molecule has 34 heavy (non-hydrogen) atoms. The zero-order valence-corrected chi connectivity index (χ0v) is 19.6. The number of ether oxygens (including phenoxy) is 5. The van der Waals surface area contributed by atoms with Gasteiger partial charge in [0.05, 0.1) is 34.9 Å². The van der Waals surface area contributed by atoms with Gasteiger partial charge in [-0.15, -0.1) is 0 Å². The second-order valence-corrected chi connectivity index (χ2v) is 7.61. The lowest BCUT2D eigenvalue weighted by molar-refractivity contribution is -0.133. The Morgan fingerprint density at radius 1 is 0.676 bits per heavy atom. The molecule has 0 heterocycles. The van der Waals surface area contributed by atoms with Gasteiger partial charge in [0.2, 0.25) is 0 Å². The molecule has 0 aliphatic rings. The molecule has 0 aliphatic heterocycles. The summed E-state index contributed by atoms with van der Waals surface area (Å²) in [5, 5.41) is 1.83. The minimum atomic E-state index is -0.383. The molecular formula is C28H26O6. The Labute approximate surface area is 198 Å². The van der Waals surface area contributed by atoms with Gasteiger partial charge < -0.3 is 23.7 Å². The molecule has 0 atom stereocenters. The minimum absolute atomic E-state index is 0.0883. The highest BCUT2D eigenvalue weighted by molar-refractivity contribution is 6.00. The van der Waals surface area contributed by atoms with Crippen molar-refractivity contribution < 1.29 is 28.5 Å². The fourth-order valence-corrected chi connectivity index (χ4v) is 3.90. The lowest BCUT2D eigenvalue weighted by atomic mass is 9.97. The van der Waals surface area contributed by atoms with Crippen molar-refractivity contribution in [2.75, 3.05) is 28.4 Å². The van der Waals surface area contributed by atoms with Crippen LogP contribution < -0.4 is 23.7 Å². The summed E-state index contributed by atoms with van der Waals surface area (Å²) in [6.45, 7) is 0. The third kappa shape index (κ3) is 4.76. The third-order valence-corrected chi connectivity index (χ3v) is 5.54. The van der Waals surface area contributed by atoms with E-state index >= 15 is 0 Å². The van der Waals surface area contributed by atoms with Crippen molar-refractivity contribution in [3.8, 4) is 39.9 Å². The topological polar surface area (TPSA) is 63.2 Å². The number of hydrogen-bond donors (Lipinski definition) is 0. The maximum Gasteiger partial charge on any atom is 0.315 e. The summed E-state index contributed by atoms with van der Waals surface area (Å²) in [5.41, 5.74) is 2.68. The number of methoxy groups -OCH3 is 4. The van der Waals surface area contributed by atoms with Crippen molar-refractivity contribution in [2.45, 2.75) is 6.42 Å². The largest absolute Gasteiger partial charge is 0.493 e. The molecule has 4 aromatic carbocycles. The number of hydrogen-bond acceptors (Lipinski definition) is 6. The average molecular weight is 459 g/mol. The highest BCUT2D eigenvalue weighted by atomic mass is 16.5. The van der Waals surface area contributed by atoms with Crippen molar-refractivity contribution in [1.29, 1.82) is 0 Å². The summed E-state index contributed by atoms with van der Waals surface area (Å²) in [6.07, 6.45) is 0.0883. The van der Waals surface area contributed by atoms with Crippen LogP contribution in [0.15, 0.2) is 72.8 Å². The molecule has 0 aliphatic carbocycles. The molecule has 6 heteroatoms. The van der Waals surface area contributed by atoms with Crippen LogP contribution in [0.2, 0.25) is 0 Å². The fraction of sp³-hybridized carbons (Fsp3) is 0.179. The molecule has 174 valence electrons. The quantitative estimate of drug-likeness (QED) is 0.250. The van der Waals surface area contributed by atoms with E-state index in [1.165, 1.54) is 0 Å². The molecule has 4 aromatic rings. The maximum atomic E-state index is 12.8. The SMILES string of the molecule is COc1ccc(CC(=O)Oc2cc(-c3ccccc3)c3cc(OC)c(OC)cc3c2)cc1OC. The highest BCUT2D eigenvalue weighted by Crippen LogP contribution is 2.39. The van der Waals surface area contributed by atoms with Crippen molar-refractivity contribution in [3.05, 3.63) is 78.4 Å². The van der Waals surface area contributed by atoms with Crippen LogP contribution in [0, 0.1) is 0 Å². The van der Waals surface area contributed by atoms with Gasteiger partial charge in [-0.05, 0) is 63.9 Å². The van der Waals surface area contributed by atoms with Gasteiger partial charge in [0.25, 0.3) is 0 Å². The van der Waals surface area contributed by atoms with Crippen molar-refractivity contribution in [3.63, 3.8) is 0 Å². The summed E-state index contributed by atoms with van der Waals surface area (Å²) in [5.74, 6) is 2.46. The Morgan fingerprint density at radius 2 is 1.32 bits per heavy atom. The first kappa shape index (κ1) is 23.0. The van der Waals surface area contributed by atoms with E-state index in [1.54, 1.807) is 40.6 Å². The van der Waals surface area contributed by atoms with E-state index in [0.29, 0.717) is 28.7 Å². The first-order valence-corrected chi connectivity index (χ1v) is 10.7. The van der Waals surface area contributed by atoms with Crippen LogP contribution >= 0.6 is 0 Å². The van der Waals surface area contributed by atoms with E-state index in [9.17, 15) is 4.79 Å². The Hall–Kier alpha value is -4.19. The van der Waals surface area contributed by atoms with Gasteiger partial charge in [-0.3, -0.25) is 4.79 Å². The van der Waals surface area contributed by atoms with Gasteiger partial charge in [-0.1, -0.05) is 36.4 Å². The Balaban J connectivity index is 1.70. The van der Waals surface area contributed by atoms with Crippen LogP contribution in [-0.2, 0) is 11.2 Å². The minimum Gasteiger partial charge on any atom is -0.493 e. The number of benzene rings is 4. The summed E-state index contributed by atoms with van der Waals surface area (Å²) >= 11 is 0. The molecule has 0 amide bonds. The predicted octanol–water partition coefficient (Wildman–Crippen LogP) is 5.69. The van der Waals surface area contributed by atoms with Crippen LogP contribution in [-0.4, -0.2) is 34.4 Å².